The summed E-state index contributed by atoms with van der Waals surface area (Å²) in [4.78, 5) is 26.1. The molecule has 0 atom stereocenters. The Morgan fingerprint density at radius 1 is 1.10 bits per heavy atom. The van der Waals surface area contributed by atoms with Gasteiger partial charge in [-0.15, -0.1) is 0 Å². The van der Waals surface area contributed by atoms with Crippen LogP contribution in [0.1, 0.15) is 15.9 Å². The number of morpholine rings is 1. The number of ether oxygens (including phenoxy) is 3. The first-order valence-corrected chi connectivity index (χ1v) is 9.21. The Morgan fingerprint density at radius 2 is 1.83 bits per heavy atom. The van der Waals surface area contributed by atoms with Crippen molar-refractivity contribution in [3.8, 4) is 11.5 Å². The molecule has 2 aromatic rings. The third kappa shape index (κ3) is 5.65. The predicted octanol–water partition coefficient (Wildman–Crippen LogP) is 2.97. The highest BCUT2D eigenvalue weighted by molar-refractivity contribution is 6.06. The Kier molecular flexibility index (Phi) is 6.97. The van der Waals surface area contributed by atoms with Gasteiger partial charge < -0.3 is 19.1 Å². The van der Waals surface area contributed by atoms with E-state index in [1.807, 2.05) is 0 Å². The summed E-state index contributed by atoms with van der Waals surface area (Å²) in [5.41, 5.74) is 1.13. The average Bonchev–Trinajstić information content (AvgIpc) is 2.77. The summed E-state index contributed by atoms with van der Waals surface area (Å²) < 4.78 is 29.1. The van der Waals surface area contributed by atoms with Gasteiger partial charge in [0.05, 0.1) is 20.3 Å². The smallest absolute Gasteiger partial charge is 0.260 e. The number of rotatable bonds is 7. The van der Waals surface area contributed by atoms with Crippen LogP contribution in [0.5, 0.6) is 11.5 Å². The molecule has 1 fully saturated rings. The van der Waals surface area contributed by atoms with E-state index in [0.717, 1.165) is 5.56 Å². The van der Waals surface area contributed by atoms with Crippen molar-refractivity contribution in [2.75, 3.05) is 40.0 Å². The molecule has 0 bridgehead atoms. The fraction of sp³-hybridized carbons (Fsp3) is 0.273. The maximum atomic E-state index is 13.0. The molecule has 0 unspecified atom stereocenters. The molecule has 0 N–H and O–H groups in total. The van der Waals surface area contributed by atoms with Gasteiger partial charge in [-0.05, 0) is 48.0 Å². The van der Waals surface area contributed by atoms with Gasteiger partial charge in [0.25, 0.3) is 5.91 Å². The van der Waals surface area contributed by atoms with Crippen molar-refractivity contribution in [3.05, 3.63) is 65.5 Å². The van der Waals surface area contributed by atoms with Gasteiger partial charge in [-0.25, -0.2) is 4.39 Å². The minimum atomic E-state index is -0.391. The minimum Gasteiger partial charge on any atom is -0.493 e. The van der Waals surface area contributed by atoms with E-state index < -0.39 is 5.82 Å². The largest absolute Gasteiger partial charge is 0.493 e. The Hall–Kier alpha value is -3.19. The van der Waals surface area contributed by atoms with Gasteiger partial charge in [0.1, 0.15) is 5.82 Å². The van der Waals surface area contributed by atoms with E-state index >= 15 is 0 Å². The number of benzene rings is 2. The molecule has 0 saturated carbocycles. The van der Waals surface area contributed by atoms with Crippen molar-refractivity contribution in [1.82, 2.24) is 4.90 Å². The number of allylic oxidation sites excluding steroid dienone is 1. The lowest BCUT2D eigenvalue weighted by molar-refractivity contribution is -0.137. The van der Waals surface area contributed by atoms with Gasteiger partial charge in [0.15, 0.2) is 23.9 Å². The molecule has 29 heavy (non-hydrogen) atoms. The zero-order valence-corrected chi connectivity index (χ0v) is 16.1. The number of hydrogen-bond donors (Lipinski definition) is 0. The van der Waals surface area contributed by atoms with E-state index in [0.29, 0.717) is 43.4 Å². The van der Waals surface area contributed by atoms with Crippen molar-refractivity contribution in [2.45, 2.75) is 0 Å². The van der Waals surface area contributed by atoms with Gasteiger partial charge in [-0.2, -0.15) is 0 Å². The molecule has 3 rings (SSSR count). The molecular formula is C22H22FNO5. The highest BCUT2D eigenvalue weighted by Gasteiger charge is 2.18. The molecule has 0 aliphatic carbocycles. The van der Waals surface area contributed by atoms with E-state index in [4.69, 9.17) is 14.2 Å². The Morgan fingerprint density at radius 3 is 2.52 bits per heavy atom. The number of carbonyl (C=O) groups is 2. The fourth-order valence-corrected chi connectivity index (χ4v) is 2.83. The lowest BCUT2D eigenvalue weighted by Crippen LogP contribution is -2.43. The summed E-state index contributed by atoms with van der Waals surface area (Å²) in [6.07, 6.45) is 3.04. The highest BCUT2D eigenvalue weighted by atomic mass is 19.1. The number of amides is 1. The molecule has 1 saturated heterocycles. The predicted molar refractivity (Wildman–Crippen MR) is 106 cm³/mol. The first kappa shape index (κ1) is 20.5. The number of carbonyl (C=O) groups excluding carboxylic acids is 2. The summed E-state index contributed by atoms with van der Waals surface area (Å²) in [7, 11) is 1.50. The number of methoxy groups -OCH3 is 1. The van der Waals surface area contributed by atoms with Crippen molar-refractivity contribution >= 4 is 17.8 Å². The maximum absolute atomic E-state index is 13.0. The maximum Gasteiger partial charge on any atom is 0.260 e. The van der Waals surface area contributed by atoms with Crippen LogP contribution in [0.3, 0.4) is 0 Å². The number of halogens is 1. The fourth-order valence-electron chi connectivity index (χ4n) is 2.83. The molecular weight excluding hydrogens is 377 g/mol. The Labute approximate surface area is 168 Å². The molecule has 0 radical (unpaired) electrons. The number of nitrogens with zero attached hydrogens (tertiary/aromatic N) is 1. The van der Waals surface area contributed by atoms with Crippen molar-refractivity contribution in [2.24, 2.45) is 0 Å². The van der Waals surface area contributed by atoms with Crippen molar-refractivity contribution in [1.29, 1.82) is 0 Å². The Balaban J connectivity index is 1.62. The van der Waals surface area contributed by atoms with E-state index in [1.54, 1.807) is 29.2 Å². The van der Waals surface area contributed by atoms with Crippen LogP contribution in [0.25, 0.3) is 6.08 Å². The molecule has 0 spiro atoms. The van der Waals surface area contributed by atoms with E-state index in [1.165, 1.54) is 37.5 Å². The molecule has 1 aliphatic rings. The summed E-state index contributed by atoms with van der Waals surface area (Å²) in [6.45, 7) is 2.10. The van der Waals surface area contributed by atoms with Gasteiger partial charge in [-0.1, -0.05) is 12.1 Å². The zero-order chi connectivity index (χ0) is 20.6. The Bertz CT molecular complexity index is 889. The van der Waals surface area contributed by atoms with Crippen LogP contribution in [0, 0.1) is 5.82 Å². The molecule has 7 heteroatoms. The standard InChI is InChI=1S/C22H22FNO5/c1-27-21-14-16(2-8-19(25)17-4-6-18(23)7-5-17)3-9-20(21)29-15-22(26)24-10-12-28-13-11-24/h2-9,14H,10-13,15H2,1H3/b8-2+. The lowest BCUT2D eigenvalue weighted by atomic mass is 10.1. The monoisotopic (exact) mass is 399 g/mol. The molecule has 6 nitrogen and oxygen atoms in total. The lowest BCUT2D eigenvalue weighted by Gasteiger charge is -2.26. The van der Waals surface area contributed by atoms with Crippen molar-refractivity contribution in [3.63, 3.8) is 0 Å². The van der Waals surface area contributed by atoms with Crippen LogP contribution < -0.4 is 9.47 Å². The summed E-state index contributed by atoms with van der Waals surface area (Å²) >= 11 is 0. The third-order valence-electron chi connectivity index (χ3n) is 4.46. The second-order valence-electron chi connectivity index (χ2n) is 6.40. The normalized spacial score (nSPS) is 14.1. The van der Waals surface area contributed by atoms with Crippen LogP contribution in [0.4, 0.5) is 4.39 Å². The molecule has 1 amide bonds. The summed E-state index contributed by atoms with van der Waals surface area (Å²) in [6, 6.07) is 10.5. The first-order valence-electron chi connectivity index (χ1n) is 9.21. The van der Waals surface area contributed by atoms with E-state index in [2.05, 4.69) is 0 Å². The van der Waals surface area contributed by atoms with Crippen LogP contribution in [0.2, 0.25) is 0 Å². The van der Waals surface area contributed by atoms with Gasteiger partial charge >= 0.3 is 0 Å². The molecule has 0 aromatic heterocycles. The molecule has 152 valence electrons. The van der Waals surface area contributed by atoms with Crippen LogP contribution >= 0.6 is 0 Å². The topological polar surface area (TPSA) is 65.1 Å². The number of hydrogen-bond acceptors (Lipinski definition) is 5. The molecule has 1 heterocycles. The van der Waals surface area contributed by atoms with Gasteiger partial charge in [-0.3, -0.25) is 9.59 Å². The van der Waals surface area contributed by atoms with Crippen molar-refractivity contribution < 1.29 is 28.2 Å². The van der Waals surface area contributed by atoms with Crippen LogP contribution in [-0.4, -0.2) is 56.6 Å². The SMILES string of the molecule is COc1cc(/C=C/C(=O)c2ccc(F)cc2)ccc1OCC(=O)N1CCOCC1. The van der Waals surface area contributed by atoms with Crippen LogP contribution in [-0.2, 0) is 9.53 Å². The highest BCUT2D eigenvalue weighted by Crippen LogP contribution is 2.28. The minimum absolute atomic E-state index is 0.0887. The van der Waals surface area contributed by atoms with Gasteiger partial charge in [0.2, 0.25) is 0 Å². The quantitative estimate of drug-likeness (QED) is 0.529. The summed E-state index contributed by atoms with van der Waals surface area (Å²) in [5.74, 6) is 0.162. The summed E-state index contributed by atoms with van der Waals surface area (Å²) in [5, 5.41) is 0. The first-order chi connectivity index (χ1) is 14.1. The second-order valence-corrected chi connectivity index (χ2v) is 6.40. The van der Waals surface area contributed by atoms with Crippen LogP contribution in [0.15, 0.2) is 48.5 Å². The van der Waals surface area contributed by atoms with Gasteiger partial charge in [0, 0.05) is 18.7 Å². The third-order valence-corrected chi connectivity index (χ3v) is 4.46. The number of ketones is 1. The second kappa shape index (κ2) is 9.84. The van der Waals surface area contributed by atoms with E-state index in [9.17, 15) is 14.0 Å². The van der Waals surface area contributed by atoms with E-state index in [-0.39, 0.29) is 18.3 Å². The molecule has 1 aliphatic heterocycles. The average molecular weight is 399 g/mol. The molecule has 2 aromatic carbocycles. The zero-order valence-electron chi connectivity index (χ0n) is 16.1.